The van der Waals surface area contributed by atoms with Gasteiger partial charge < -0.3 is 10.1 Å². The number of hydrogen-bond acceptors (Lipinski definition) is 4. The van der Waals surface area contributed by atoms with Crippen molar-refractivity contribution < 1.29 is 17.9 Å². The Morgan fingerprint density at radius 2 is 1.73 bits per heavy atom. The summed E-state index contributed by atoms with van der Waals surface area (Å²) in [5.41, 5.74) is 3.33. The lowest BCUT2D eigenvalue weighted by molar-refractivity contribution is -0.119. The van der Waals surface area contributed by atoms with Crippen LogP contribution in [0.15, 0.2) is 42.5 Å². The number of rotatable bonds is 10. The van der Waals surface area contributed by atoms with Crippen LogP contribution in [0.1, 0.15) is 37.0 Å². The van der Waals surface area contributed by atoms with Gasteiger partial charge in [-0.2, -0.15) is 0 Å². The summed E-state index contributed by atoms with van der Waals surface area (Å²) in [6.07, 6.45) is 2.79. The largest absolute Gasteiger partial charge is 0.491 e. The third-order valence-electron chi connectivity index (χ3n) is 4.61. The number of ether oxygens (including phenoxy) is 1. The van der Waals surface area contributed by atoms with Crippen LogP contribution in [0.3, 0.4) is 0 Å². The maximum absolute atomic E-state index is 12.4. The van der Waals surface area contributed by atoms with Crippen molar-refractivity contribution in [3.8, 4) is 5.75 Å². The van der Waals surface area contributed by atoms with E-state index in [-0.39, 0.29) is 18.6 Å². The van der Waals surface area contributed by atoms with E-state index in [0.717, 1.165) is 41.5 Å². The van der Waals surface area contributed by atoms with Crippen molar-refractivity contribution in [2.24, 2.45) is 0 Å². The molecule has 0 heterocycles. The molecule has 0 atom stereocenters. The summed E-state index contributed by atoms with van der Waals surface area (Å²) < 4.78 is 31.5. The number of aryl methyl sites for hydroxylation is 3. The van der Waals surface area contributed by atoms with Crippen molar-refractivity contribution in [3.05, 3.63) is 59.2 Å². The standard InChI is InChI=1S/C23H32N2O4S/c1-17(2)29-21-13-7-11-20(15-21)12-8-14-24-22(26)16-25(30(5,27)28)23-18(3)9-6-10-19(23)4/h6-7,9-11,13,15,17H,8,12,14,16H2,1-5H3,(H,24,26). The highest BCUT2D eigenvalue weighted by Crippen LogP contribution is 2.26. The molecule has 2 rings (SSSR count). The van der Waals surface area contributed by atoms with Crippen molar-refractivity contribution >= 4 is 21.6 Å². The summed E-state index contributed by atoms with van der Waals surface area (Å²) in [6.45, 7) is 7.90. The molecule has 0 fully saturated rings. The number of carbonyl (C=O) groups is 1. The molecule has 2 aromatic carbocycles. The molecule has 2 aromatic rings. The molecule has 6 nitrogen and oxygen atoms in total. The van der Waals surface area contributed by atoms with Crippen LogP contribution in [0.5, 0.6) is 5.75 Å². The molecule has 0 aliphatic rings. The first kappa shape index (κ1) is 23.7. The number of anilines is 1. The molecule has 0 radical (unpaired) electrons. The monoisotopic (exact) mass is 432 g/mol. The number of hydrogen-bond donors (Lipinski definition) is 1. The van der Waals surface area contributed by atoms with Gasteiger partial charge in [0, 0.05) is 6.54 Å². The van der Waals surface area contributed by atoms with Gasteiger partial charge in [-0.05, 0) is 69.4 Å². The predicted octanol–water partition coefficient (Wildman–Crippen LogP) is 3.61. The number of sulfonamides is 1. The van der Waals surface area contributed by atoms with Crippen LogP contribution in [0.4, 0.5) is 5.69 Å². The maximum Gasteiger partial charge on any atom is 0.240 e. The number of benzene rings is 2. The third kappa shape index (κ3) is 7.06. The van der Waals surface area contributed by atoms with Gasteiger partial charge in [-0.1, -0.05) is 30.3 Å². The van der Waals surface area contributed by atoms with Crippen LogP contribution in [-0.2, 0) is 21.2 Å². The summed E-state index contributed by atoms with van der Waals surface area (Å²) in [5, 5.41) is 2.83. The van der Waals surface area contributed by atoms with Gasteiger partial charge in [-0.15, -0.1) is 0 Å². The normalized spacial score (nSPS) is 11.4. The Labute approximate surface area is 180 Å². The minimum absolute atomic E-state index is 0.120. The van der Waals surface area contributed by atoms with E-state index in [4.69, 9.17) is 4.74 Å². The summed E-state index contributed by atoms with van der Waals surface area (Å²) in [5.74, 6) is 0.518. The molecule has 0 aliphatic heterocycles. The lowest BCUT2D eigenvalue weighted by Crippen LogP contribution is -2.41. The van der Waals surface area contributed by atoms with Crippen molar-refractivity contribution in [1.82, 2.24) is 5.32 Å². The summed E-state index contributed by atoms with van der Waals surface area (Å²) in [6, 6.07) is 13.5. The zero-order valence-corrected chi connectivity index (χ0v) is 19.3. The lowest BCUT2D eigenvalue weighted by atomic mass is 10.1. The Balaban J connectivity index is 1.93. The number of amides is 1. The van der Waals surface area contributed by atoms with Gasteiger partial charge in [0.25, 0.3) is 0 Å². The number of carbonyl (C=O) groups excluding carboxylic acids is 1. The minimum atomic E-state index is -3.59. The average Bonchev–Trinajstić information content (AvgIpc) is 2.63. The predicted molar refractivity (Wildman–Crippen MR) is 122 cm³/mol. The van der Waals surface area contributed by atoms with E-state index in [9.17, 15) is 13.2 Å². The van der Waals surface area contributed by atoms with Gasteiger partial charge in [0.1, 0.15) is 12.3 Å². The third-order valence-corrected chi connectivity index (χ3v) is 5.72. The highest BCUT2D eigenvalue weighted by Gasteiger charge is 2.23. The fourth-order valence-electron chi connectivity index (χ4n) is 3.31. The second-order valence-corrected chi connectivity index (χ2v) is 9.68. The maximum atomic E-state index is 12.4. The Morgan fingerprint density at radius 3 is 2.33 bits per heavy atom. The van der Waals surface area contributed by atoms with Crippen LogP contribution in [0.2, 0.25) is 0 Å². The molecule has 0 aromatic heterocycles. The molecule has 0 aliphatic carbocycles. The summed E-state index contributed by atoms with van der Waals surface area (Å²) in [4.78, 5) is 12.4. The first-order chi connectivity index (χ1) is 14.1. The number of nitrogens with zero attached hydrogens (tertiary/aromatic N) is 1. The molecular formula is C23H32N2O4S. The summed E-state index contributed by atoms with van der Waals surface area (Å²) in [7, 11) is -3.59. The second-order valence-electron chi connectivity index (χ2n) is 7.78. The van der Waals surface area contributed by atoms with Gasteiger partial charge >= 0.3 is 0 Å². The Morgan fingerprint density at radius 1 is 1.10 bits per heavy atom. The van der Waals surface area contributed by atoms with E-state index in [1.165, 1.54) is 4.31 Å². The SMILES string of the molecule is Cc1cccc(C)c1N(CC(=O)NCCCc1cccc(OC(C)C)c1)S(C)(=O)=O. The van der Waals surface area contributed by atoms with Crippen molar-refractivity contribution in [3.63, 3.8) is 0 Å². The molecule has 7 heteroatoms. The second kappa shape index (κ2) is 10.5. The molecule has 164 valence electrons. The highest BCUT2D eigenvalue weighted by molar-refractivity contribution is 7.92. The van der Waals surface area contributed by atoms with E-state index in [0.29, 0.717) is 12.2 Å². The molecule has 0 spiro atoms. The van der Waals surface area contributed by atoms with Crippen LogP contribution in [0, 0.1) is 13.8 Å². The van der Waals surface area contributed by atoms with E-state index >= 15 is 0 Å². The van der Waals surface area contributed by atoms with Gasteiger partial charge in [0.15, 0.2) is 0 Å². The van der Waals surface area contributed by atoms with Gasteiger partial charge in [-0.3, -0.25) is 9.10 Å². The van der Waals surface area contributed by atoms with Crippen LogP contribution in [0.25, 0.3) is 0 Å². The molecule has 0 saturated carbocycles. The summed E-state index contributed by atoms with van der Waals surface area (Å²) >= 11 is 0. The van der Waals surface area contributed by atoms with Crippen LogP contribution >= 0.6 is 0 Å². The number of nitrogens with one attached hydrogen (secondary N) is 1. The van der Waals surface area contributed by atoms with E-state index < -0.39 is 10.0 Å². The highest BCUT2D eigenvalue weighted by atomic mass is 32.2. The molecular weight excluding hydrogens is 400 g/mol. The van der Waals surface area contributed by atoms with Crippen molar-refractivity contribution in [1.29, 1.82) is 0 Å². The first-order valence-electron chi connectivity index (χ1n) is 10.1. The molecule has 0 unspecified atom stereocenters. The van der Waals surface area contributed by atoms with Gasteiger partial charge in [-0.25, -0.2) is 8.42 Å². The van der Waals surface area contributed by atoms with Gasteiger partial charge in [0.2, 0.25) is 15.9 Å². The quantitative estimate of drug-likeness (QED) is 0.582. The topological polar surface area (TPSA) is 75.7 Å². The molecule has 1 N–H and O–H groups in total. The average molecular weight is 433 g/mol. The van der Waals surface area contributed by atoms with E-state index in [1.54, 1.807) is 0 Å². The van der Waals surface area contributed by atoms with Crippen LogP contribution < -0.4 is 14.4 Å². The van der Waals surface area contributed by atoms with Crippen molar-refractivity contribution in [2.45, 2.75) is 46.6 Å². The molecule has 30 heavy (non-hydrogen) atoms. The van der Waals surface area contributed by atoms with Gasteiger partial charge in [0.05, 0.1) is 18.0 Å². The zero-order valence-electron chi connectivity index (χ0n) is 18.4. The molecule has 0 bridgehead atoms. The lowest BCUT2D eigenvalue weighted by Gasteiger charge is -2.25. The fraction of sp³-hybridized carbons (Fsp3) is 0.435. The Kier molecular flexibility index (Phi) is 8.29. The van der Waals surface area contributed by atoms with Crippen molar-refractivity contribution in [2.75, 3.05) is 23.7 Å². The minimum Gasteiger partial charge on any atom is -0.491 e. The number of para-hydroxylation sites is 1. The first-order valence-corrected chi connectivity index (χ1v) is 12.0. The molecule has 0 saturated heterocycles. The Bertz CT molecular complexity index is 951. The van der Waals surface area contributed by atoms with Crippen LogP contribution in [-0.4, -0.2) is 39.8 Å². The fourth-order valence-corrected chi connectivity index (χ4v) is 4.29. The zero-order chi connectivity index (χ0) is 22.3. The van der Waals surface area contributed by atoms with E-state index in [2.05, 4.69) is 5.32 Å². The van der Waals surface area contributed by atoms with E-state index in [1.807, 2.05) is 70.2 Å². The Hall–Kier alpha value is -2.54. The molecule has 1 amide bonds. The smallest absolute Gasteiger partial charge is 0.240 e.